The molecule has 6 atom stereocenters. The second-order valence-corrected chi connectivity index (χ2v) is 8.43. The minimum Gasteiger partial charge on any atom is -0.359 e. The molecule has 0 radical (unpaired) electrons. The fourth-order valence-corrected chi connectivity index (χ4v) is 5.53. The first-order chi connectivity index (χ1) is 14.1. The van der Waals surface area contributed by atoms with Crippen LogP contribution in [-0.2, 0) is 14.3 Å². The molecule has 0 spiro atoms. The number of carbonyl (C=O) groups is 2. The molecule has 0 saturated carbocycles. The Hall–Kier alpha value is -2.47. The molecule has 2 unspecified atom stereocenters. The summed E-state index contributed by atoms with van der Waals surface area (Å²) in [5.41, 5.74) is 2.74. The average molecular weight is 408 g/mol. The van der Waals surface area contributed by atoms with E-state index in [1.807, 2.05) is 36.5 Å². The number of fused-ring (bicyclic) bond motifs is 8. The summed E-state index contributed by atoms with van der Waals surface area (Å²) in [6.07, 6.45) is 2.90. The summed E-state index contributed by atoms with van der Waals surface area (Å²) in [6, 6.07) is 14.3. The number of hydrogen-bond acceptors (Lipinski definition) is 5. The standard InChI is InChI=1S/C23H18ClNO4/c24-14-7-5-13(6-8-14)21(26)20-17-16-11-28-23(29-16)22(27)18(17)19-15-4-2-1-3-12(15)9-10-25(19)20/h1-10,16-20,23H,11H2/t16?,17-,18-,19+,20+,23?/m1/s1. The maximum absolute atomic E-state index is 13.6. The summed E-state index contributed by atoms with van der Waals surface area (Å²) in [6.45, 7) is 0.341. The van der Waals surface area contributed by atoms with Crippen LogP contribution in [0.3, 0.4) is 0 Å². The zero-order valence-electron chi connectivity index (χ0n) is 15.4. The summed E-state index contributed by atoms with van der Waals surface area (Å²) < 4.78 is 11.5. The van der Waals surface area contributed by atoms with Crippen molar-refractivity contribution in [3.05, 3.63) is 76.4 Å². The Labute approximate surface area is 172 Å². The molecule has 3 fully saturated rings. The first-order valence-electron chi connectivity index (χ1n) is 9.78. The zero-order chi connectivity index (χ0) is 19.7. The van der Waals surface area contributed by atoms with Gasteiger partial charge in [-0.15, -0.1) is 0 Å². The van der Waals surface area contributed by atoms with Crippen LogP contribution in [0.2, 0.25) is 5.02 Å². The third-order valence-corrected chi connectivity index (χ3v) is 6.85. The summed E-state index contributed by atoms with van der Waals surface area (Å²) in [7, 11) is 0. The molecule has 0 amide bonds. The molecule has 6 rings (SSSR count). The molecule has 4 aliphatic heterocycles. The lowest BCUT2D eigenvalue weighted by Crippen LogP contribution is -2.48. The molecule has 146 valence electrons. The molecule has 2 bridgehead atoms. The molecule has 5 nitrogen and oxygen atoms in total. The number of halogens is 1. The van der Waals surface area contributed by atoms with Gasteiger partial charge in [0.05, 0.1) is 30.7 Å². The molecule has 4 aliphatic rings. The second-order valence-electron chi connectivity index (χ2n) is 8.00. The fraction of sp³-hybridized carbons (Fsp3) is 0.304. The molecule has 6 heteroatoms. The first kappa shape index (κ1) is 17.4. The molecule has 29 heavy (non-hydrogen) atoms. The zero-order valence-corrected chi connectivity index (χ0v) is 16.2. The Morgan fingerprint density at radius 3 is 2.72 bits per heavy atom. The van der Waals surface area contributed by atoms with Gasteiger partial charge < -0.3 is 14.4 Å². The van der Waals surface area contributed by atoms with Gasteiger partial charge in [-0.2, -0.15) is 0 Å². The largest absolute Gasteiger partial charge is 0.359 e. The number of rotatable bonds is 2. The SMILES string of the molecule is O=C1C2OCC(O2)[C@@H]2[C@@H]1[C@@H]1c3ccccc3C=CN1[C@@H]2C(=O)c1ccc(Cl)cc1. The number of hydrogen-bond donors (Lipinski definition) is 0. The molecule has 4 heterocycles. The van der Waals surface area contributed by atoms with Gasteiger partial charge >= 0.3 is 0 Å². The highest BCUT2D eigenvalue weighted by Gasteiger charge is 2.63. The summed E-state index contributed by atoms with van der Waals surface area (Å²) in [4.78, 5) is 29.0. The van der Waals surface area contributed by atoms with Crippen molar-refractivity contribution < 1.29 is 19.1 Å². The fourth-order valence-electron chi connectivity index (χ4n) is 5.40. The van der Waals surface area contributed by atoms with Crippen molar-refractivity contribution >= 4 is 29.2 Å². The Kier molecular flexibility index (Phi) is 3.76. The van der Waals surface area contributed by atoms with Crippen molar-refractivity contribution in [3.8, 4) is 0 Å². The highest BCUT2D eigenvalue weighted by Crippen LogP contribution is 2.54. The number of nitrogens with zero attached hydrogens (tertiary/aromatic N) is 1. The third kappa shape index (κ3) is 2.41. The van der Waals surface area contributed by atoms with Crippen LogP contribution in [0.4, 0.5) is 0 Å². The van der Waals surface area contributed by atoms with E-state index < -0.39 is 12.3 Å². The second kappa shape index (κ2) is 6.26. The van der Waals surface area contributed by atoms with Crippen molar-refractivity contribution in [2.45, 2.75) is 24.5 Å². The van der Waals surface area contributed by atoms with E-state index in [9.17, 15) is 9.59 Å². The van der Waals surface area contributed by atoms with E-state index in [0.29, 0.717) is 17.2 Å². The van der Waals surface area contributed by atoms with Crippen LogP contribution in [0.5, 0.6) is 0 Å². The van der Waals surface area contributed by atoms with Crippen molar-refractivity contribution in [2.24, 2.45) is 11.8 Å². The van der Waals surface area contributed by atoms with E-state index in [1.54, 1.807) is 24.3 Å². The van der Waals surface area contributed by atoms with E-state index in [0.717, 1.165) is 11.1 Å². The van der Waals surface area contributed by atoms with Gasteiger partial charge in [-0.25, -0.2) is 0 Å². The smallest absolute Gasteiger partial charge is 0.218 e. The van der Waals surface area contributed by atoms with Gasteiger partial charge in [0.2, 0.25) is 6.29 Å². The number of benzene rings is 2. The molecule has 3 saturated heterocycles. The van der Waals surface area contributed by atoms with Crippen LogP contribution >= 0.6 is 11.6 Å². The quantitative estimate of drug-likeness (QED) is 0.713. The van der Waals surface area contributed by atoms with Crippen molar-refractivity contribution in [1.29, 1.82) is 0 Å². The van der Waals surface area contributed by atoms with E-state index >= 15 is 0 Å². The molecule has 2 aromatic rings. The van der Waals surface area contributed by atoms with Crippen LogP contribution < -0.4 is 0 Å². The topological polar surface area (TPSA) is 55.8 Å². The van der Waals surface area contributed by atoms with Gasteiger partial charge in [0, 0.05) is 22.7 Å². The van der Waals surface area contributed by atoms with Gasteiger partial charge in [-0.1, -0.05) is 35.9 Å². The molecule has 0 N–H and O–H groups in total. The maximum atomic E-state index is 13.6. The van der Waals surface area contributed by atoms with Crippen LogP contribution in [0.25, 0.3) is 6.08 Å². The highest BCUT2D eigenvalue weighted by atomic mass is 35.5. The summed E-state index contributed by atoms with van der Waals surface area (Å²) >= 11 is 6.01. The molecule has 0 aromatic heterocycles. The van der Waals surface area contributed by atoms with E-state index in [-0.39, 0.29) is 35.5 Å². The Morgan fingerprint density at radius 2 is 1.90 bits per heavy atom. The van der Waals surface area contributed by atoms with Crippen molar-refractivity contribution in [3.63, 3.8) is 0 Å². The highest BCUT2D eigenvalue weighted by molar-refractivity contribution is 6.30. The Bertz CT molecular complexity index is 1050. The van der Waals surface area contributed by atoms with Crippen LogP contribution in [0.1, 0.15) is 27.5 Å². The number of carbonyl (C=O) groups excluding carboxylic acids is 2. The number of ketones is 2. The molecular formula is C23H18ClNO4. The van der Waals surface area contributed by atoms with Crippen molar-refractivity contribution in [2.75, 3.05) is 6.61 Å². The predicted octanol–water partition coefficient (Wildman–Crippen LogP) is 3.49. The van der Waals surface area contributed by atoms with Crippen LogP contribution in [0.15, 0.2) is 54.7 Å². The van der Waals surface area contributed by atoms with Crippen LogP contribution in [-0.4, -0.2) is 41.5 Å². The molecule has 2 aromatic carbocycles. The van der Waals surface area contributed by atoms with Gasteiger partial charge in [0.1, 0.15) is 0 Å². The van der Waals surface area contributed by atoms with E-state index in [1.165, 1.54) is 0 Å². The minimum atomic E-state index is -0.814. The van der Waals surface area contributed by atoms with Gasteiger partial charge in [-0.3, -0.25) is 9.59 Å². The van der Waals surface area contributed by atoms with Gasteiger partial charge in [0.25, 0.3) is 0 Å². The summed E-state index contributed by atoms with van der Waals surface area (Å²) in [5.74, 6) is -0.681. The monoisotopic (exact) mass is 407 g/mol. The van der Waals surface area contributed by atoms with E-state index in [4.69, 9.17) is 21.1 Å². The lowest BCUT2D eigenvalue weighted by Gasteiger charge is -2.34. The lowest BCUT2D eigenvalue weighted by molar-refractivity contribution is -0.164. The normalized spacial score (nSPS) is 34.0. The van der Waals surface area contributed by atoms with Gasteiger partial charge in [0.15, 0.2) is 11.6 Å². The minimum absolute atomic E-state index is 0.0232. The third-order valence-electron chi connectivity index (χ3n) is 6.60. The number of Topliss-reactive ketones (excluding diaryl/α,β-unsaturated/α-hetero) is 2. The number of ether oxygens (including phenoxy) is 2. The average Bonchev–Trinajstić information content (AvgIpc) is 3.33. The first-order valence-corrected chi connectivity index (χ1v) is 10.2. The molecular weight excluding hydrogens is 390 g/mol. The van der Waals surface area contributed by atoms with Gasteiger partial charge in [-0.05, 0) is 41.5 Å². The Balaban J connectivity index is 1.50. The maximum Gasteiger partial charge on any atom is 0.218 e. The van der Waals surface area contributed by atoms with Crippen LogP contribution in [0, 0.1) is 11.8 Å². The lowest BCUT2D eigenvalue weighted by atomic mass is 9.75. The predicted molar refractivity (Wildman–Crippen MR) is 106 cm³/mol. The van der Waals surface area contributed by atoms with Crippen molar-refractivity contribution in [1.82, 2.24) is 4.90 Å². The summed E-state index contributed by atoms with van der Waals surface area (Å²) in [5, 5.41) is 0.582. The Morgan fingerprint density at radius 1 is 1.10 bits per heavy atom. The molecule has 0 aliphatic carbocycles. The van der Waals surface area contributed by atoms with E-state index in [2.05, 4.69) is 4.90 Å².